The van der Waals surface area contributed by atoms with Gasteiger partial charge in [0.15, 0.2) is 8.87 Å². The zero-order valence-corrected chi connectivity index (χ0v) is 15.9. The van der Waals surface area contributed by atoms with E-state index < -0.39 is 25.9 Å². The highest BCUT2D eigenvalue weighted by molar-refractivity contribution is 8.71. The zero-order valence-electron chi connectivity index (χ0n) is 14.3. The van der Waals surface area contributed by atoms with E-state index in [1.165, 1.54) is 18.2 Å². The zero-order chi connectivity index (χ0) is 20.4. The largest absolute Gasteiger partial charge is 0.461 e. The SMILES string of the molecule is CS(=O)(=O)SCCOC(=O)c1cc(N)ccc1OC(=O)CCCO[N+](=O)[O-]. The van der Waals surface area contributed by atoms with E-state index in [2.05, 4.69) is 4.84 Å². The van der Waals surface area contributed by atoms with Crippen LogP contribution in [0.1, 0.15) is 23.2 Å². The van der Waals surface area contributed by atoms with E-state index in [0.717, 1.165) is 6.26 Å². The molecule has 0 aliphatic rings. The molecule has 13 heteroatoms. The molecule has 0 radical (unpaired) electrons. The molecule has 0 heterocycles. The summed E-state index contributed by atoms with van der Waals surface area (Å²) in [5, 5.41) is 9.05. The van der Waals surface area contributed by atoms with Crippen molar-refractivity contribution in [3.63, 3.8) is 0 Å². The first kappa shape index (κ1) is 22.5. The van der Waals surface area contributed by atoms with E-state index in [0.29, 0.717) is 10.8 Å². The van der Waals surface area contributed by atoms with Gasteiger partial charge in [-0.05, 0) is 35.4 Å². The second-order valence-corrected chi connectivity index (χ2v) is 9.63. The first-order chi connectivity index (χ1) is 12.6. The van der Waals surface area contributed by atoms with Crippen molar-refractivity contribution >= 4 is 37.3 Å². The van der Waals surface area contributed by atoms with E-state index >= 15 is 0 Å². The Bertz CT molecular complexity index is 796. The third kappa shape index (κ3) is 9.65. The van der Waals surface area contributed by atoms with Crippen molar-refractivity contribution in [2.45, 2.75) is 12.8 Å². The summed E-state index contributed by atoms with van der Waals surface area (Å²) >= 11 is 0. The summed E-state index contributed by atoms with van der Waals surface area (Å²) in [5.74, 6) is -1.62. The fourth-order valence-corrected chi connectivity index (χ4v) is 3.29. The van der Waals surface area contributed by atoms with Gasteiger partial charge < -0.3 is 20.0 Å². The Hall–Kier alpha value is -2.54. The fraction of sp³-hybridized carbons (Fsp3) is 0.429. The van der Waals surface area contributed by atoms with Gasteiger partial charge >= 0.3 is 11.9 Å². The standard InChI is InChI=1S/C14H18N2O9S2/c1-27(21,22)26-8-7-23-14(18)11-9-10(15)4-5-12(11)25-13(17)3-2-6-24-16(19)20/h4-5,9H,2-3,6-8,15H2,1H3. The number of nitrogens with two attached hydrogens (primary N) is 1. The summed E-state index contributed by atoms with van der Waals surface area (Å²) in [6, 6.07) is 3.97. The molecule has 0 saturated heterocycles. The van der Waals surface area contributed by atoms with Crippen LogP contribution in [0.25, 0.3) is 0 Å². The average molecular weight is 422 g/mol. The number of nitrogen functional groups attached to an aromatic ring is 1. The van der Waals surface area contributed by atoms with Gasteiger partial charge in [-0.2, -0.15) is 0 Å². The van der Waals surface area contributed by atoms with Crippen molar-refractivity contribution in [1.82, 2.24) is 0 Å². The molecule has 0 fully saturated rings. The van der Waals surface area contributed by atoms with Gasteiger partial charge in [-0.25, -0.2) is 13.2 Å². The quantitative estimate of drug-likeness (QED) is 0.103. The minimum Gasteiger partial charge on any atom is -0.461 e. The molecule has 11 nitrogen and oxygen atoms in total. The van der Waals surface area contributed by atoms with Crippen molar-refractivity contribution in [2.24, 2.45) is 0 Å². The summed E-state index contributed by atoms with van der Waals surface area (Å²) < 4.78 is 32.1. The van der Waals surface area contributed by atoms with Crippen LogP contribution in [-0.2, 0) is 23.2 Å². The topological polar surface area (TPSA) is 165 Å². The lowest BCUT2D eigenvalue weighted by molar-refractivity contribution is -0.757. The normalized spacial score (nSPS) is 10.9. The van der Waals surface area contributed by atoms with Crippen LogP contribution < -0.4 is 10.5 Å². The highest BCUT2D eigenvalue weighted by Gasteiger charge is 2.18. The Morgan fingerprint density at radius 3 is 2.63 bits per heavy atom. The smallest absolute Gasteiger partial charge is 0.342 e. The average Bonchev–Trinajstić information content (AvgIpc) is 2.56. The molecule has 150 valence electrons. The maximum Gasteiger partial charge on any atom is 0.342 e. The minimum atomic E-state index is -3.25. The van der Waals surface area contributed by atoms with Gasteiger partial charge in [0.05, 0.1) is 6.61 Å². The Morgan fingerprint density at radius 2 is 2.00 bits per heavy atom. The van der Waals surface area contributed by atoms with E-state index in [1.807, 2.05) is 0 Å². The van der Waals surface area contributed by atoms with Crippen molar-refractivity contribution in [1.29, 1.82) is 0 Å². The van der Waals surface area contributed by atoms with Crippen LogP contribution >= 0.6 is 10.8 Å². The van der Waals surface area contributed by atoms with Gasteiger partial charge in [0, 0.05) is 24.1 Å². The van der Waals surface area contributed by atoms with Gasteiger partial charge in [-0.1, -0.05) is 0 Å². The lowest BCUT2D eigenvalue weighted by Crippen LogP contribution is -2.15. The Labute approximate surface area is 158 Å². The summed E-state index contributed by atoms with van der Waals surface area (Å²) in [4.78, 5) is 38.0. The van der Waals surface area contributed by atoms with Crippen LogP contribution in [0.3, 0.4) is 0 Å². The maximum atomic E-state index is 12.1. The summed E-state index contributed by atoms with van der Waals surface area (Å²) in [6.45, 7) is -0.437. The number of carbonyl (C=O) groups is 2. The number of nitrogens with zero attached hydrogens (tertiary/aromatic N) is 1. The number of ether oxygens (including phenoxy) is 2. The molecular weight excluding hydrogens is 404 g/mol. The van der Waals surface area contributed by atoms with Crippen molar-refractivity contribution < 1.29 is 37.4 Å². The van der Waals surface area contributed by atoms with E-state index in [1.54, 1.807) is 0 Å². The third-order valence-electron chi connectivity index (χ3n) is 2.78. The van der Waals surface area contributed by atoms with Crippen molar-refractivity contribution in [3.05, 3.63) is 33.9 Å². The van der Waals surface area contributed by atoms with Crippen LogP contribution in [0.5, 0.6) is 5.75 Å². The predicted molar refractivity (Wildman–Crippen MR) is 96.3 cm³/mol. The molecular formula is C14H18N2O9S2. The molecule has 1 aromatic carbocycles. The molecule has 2 N–H and O–H groups in total. The maximum absolute atomic E-state index is 12.1. The Kier molecular flexibility index (Phi) is 8.81. The van der Waals surface area contributed by atoms with Gasteiger partial charge in [-0.3, -0.25) is 4.79 Å². The molecule has 0 saturated carbocycles. The second kappa shape index (κ2) is 10.6. The summed E-state index contributed by atoms with van der Waals surface area (Å²) in [6.07, 6.45) is 0.917. The number of esters is 2. The van der Waals surface area contributed by atoms with E-state index in [9.17, 15) is 28.1 Å². The Balaban J connectivity index is 2.64. The van der Waals surface area contributed by atoms with Crippen molar-refractivity contribution in [3.8, 4) is 5.75 Å². The molecule has 27 heavy (non-hydrogen) atoms. The lowest BCUT2D eigenvalue weighted by atomic mass is 10.2. The fourth-order valence-electron chi connectivity index (χ4n) is 1.72. The van der Waals surface area contributed by atoms with Crippen LogP contribution in [0.15, 0.2) is 18.2 Å². The monoisotopic (exact) mass is 422 g/mol. The number of carbonyl (C=O) groups excluding carboxylic acids is 2. The minimum absolute atomic E-state index is 0.0401. The lowest BCUT2D eigenvalue weighted by Gasteiger charge is -2.11. The Morgan fingerprint density at radius 1 is 1.30 bits per heavy atom. The molecule has 0 atom stereocenters. The van der Waals surface area contributed by atoms with Crippen LogP contribution in [0, 0.1) is 10.1 Å². The number of anilines is 1. The number of benzene rings is 1. The van der Waals surface area contributed by atoms with Crippen LogP contribution in [0.2, 0.25) is 0 Å². The van der Waals surface area contributed by atoms with Gasteiger partial charge in [-0.15, -0.1) is 10.1 Å². The molecule has 0 aliphatic carbocycles. The highest BCUT2D eigenvalue weighted by atomic mass is 33.1. The molecule has 0 spiro atoms. The first-order valence-electron chi connectivity index (χ1n) is 7.47. The van der Waals surface area contributed by atoms with Crippen LogP contribution in [-0.4, -0.2) is 50.7 Å². The number of hydrogen-bond acceptors (Lipinski definition) is 11. The molecule has 0 aromatic heterocycles. The van der Waals surface area contributed by atoms with Crippen molar-refractivity contribution in [2.75, 3.05) is 31.0 Å². The molecule has 0 aliphatic heterocycles. The summed E-state index contributed by atoms with van der Waals surface area (Å²) in [7, 11) is -2.62. The third-order valence-corrected chi connectivity index (χ3v) is 5.33. The number of hydrogen-bond donors (Lipinski definition) is 1. The highest BCUT2D eigenvalue weighted by Crippen LogP contribution is 2.23. The molecule has 0 unspecified atom stereocenters. The molecule has 1 aromatic rings. The second-order valence-electron chi connectivity index (χ2n) is 5.05. The summed E-state index contributed by atoms with van der Waals surface area (Å²) in [5.41, 5.74) is 5.75. The van der Waals surface area contributed by atoms with E-state index in [-0.39, 0.29) is 48.8 Å². The molecule has 0 bridgehead atoms. The molecule has 0 amide bonds. The van der Waals surface area contributed by atoms with E-state index in [4.69, 9.17) is 15.2 Å². The van der Waals surface area contributed by atoms with Gasteiger partial charge in [0.2, 0.25) is 0 Å². The van der Waals surface area contributed by atoms with Crippen LogP contribution in [0.4, 0.5) is 5.69 Å². The first-order valence-corrected chi connectivity index (χ1v) is 10.9. The van der Waals surface area contributed by atoms with Gasteiger partial charge in [0.1, 0.15) is 17.9 Å². The number of rotatable bonds is 11. The van der Waals surface area contributed by atoms with Gasteiger partial charge in [0.25, 0.3) is 5.09 Å². The predicted octanol–water partition coefficient (Wildman–Crippen LogP) is 1.01. The molecule has 1 rings (SSSR count).